The molecule has 0 saturated carbocycles. The van der Waals surface area contributed by atoms with Crippen molar-refractivity contribution in [3.8, 4) is 0 Å². The summed E-state index contributed by atoms with van der Waals surface area (Å²) < 4.78 is 0. The second kappa shape index (κ2) is 8.18. The Morgan fingerprint density at radius 3 is 2.50 bits per heavy atom. The second-order valence-corrected chi connectivity index (χ2v) is 7.11. The highest BCUT2D eigenvalue weighted by Crippen LogP contribution is 2.33. The molecule has 1 atom stereocenters. The minimum Gasteiger partial charge on any atom is -0.323 e. The van der Waals surface area contributed by atoms with E-state index in [1.165, 1.54) is 9.78 Å². The number of thiophene rings is 1. The van der Waals surface area contributed by atoms with Crippen LogP contribution in [0.25, 0.3) is 0 Å². The van der Waals surface area contributed by atoms with Gasteiger partial charge in [-0.1, -0.05) is 40.9 Å². The zero-order valence-electron chi connectivity index (χ0n) is 12.0. The third kappa shape index (κ3) is 4.86. The summed E-state index contributed by atoms with van der Waals surface area (Å²) in [6.45, 7) is 4.08. The maximum Gasteiger partial charge on any atom is 0.279 e. The van der Waals surface area contributed by atoms with Crippen molar-refractivity contribution < 1.29 is 9.69 Å². The minimum absolute atomic E-state index is 0.125. The van der Waals surface area contributed by atoms with Crippen LogP contribution < -0.4 is 10.2 Å². The van der Waals surface area contributed by atoms with Crippen LogP contribution in [-0.2, 0) is 11.3 Å². The zero-order valence-corrected chi connectivity index (χ0v) is 15.0. The number of anilines is 1. The Morgan fingerprint density at radius 1 is 1.27 bits per heavy atom. The minimum atomic E-state index is -0.125. The van der Waals surface area contributed by atoms with Gasteiger partial charge in [0.05, 0.1) is 27.2 Å². The van der Waals surface area contributed by atoms with E-state index in [1.54, 1.807) is 23.5 Å². The number of halogens is 3. The summed E-state index contributed by atoms with van der Waals surface area (Å²) in [5.74, 6) is -0.125. The van der Waals surface area contributed by atoms with E-state index in [4.69, 9.17) is 34.8 Å². The van der Waals surface area contributed by atoms with E-state index in [-0.39, 0.29) is 5.91 Å². The number of hydrogen-bond acceptors (Lipinski definition) is 2. The summed E-state index contributed by atoms with van der Waals surface area (Å²) in [6.07, 6.45) is 0. The molecule has 118 valence electrons. The van der Waals surface area contributed by atoms with Gasteiger partial charge in [-0.2, -0.15) is 0 Å². The largest absolute Gasteiger partial charge is 0.323 e. The van der Waals surface area contributed by atoms with Crippen molar-refractivity contribution in [1.82, 2.24) is 0 Å². The molecule has 22 heavy (non-hydrogen) atoms. The molecule has 2 N–H and O–H groups in total. The molecule has 1 heterocycles. The van der Waals surface area contributed by atoms with Crippen molar-refractivity contribution in [1.29, 1.82) is 0 Å². The number of likely N-dealkylation sites (N-methyl/N-ethyl adjacent to an activating group) is 1. The summed E-state index contributed by atoms with van der Waals surface area (Å²) in [5.41, 5.74) is 0.407. The first-order chi connectivity index (χ1) is 10.5. The predicted molar refractivity (Wildman–Crippen MR) is 94.5 cm³/mol. The highest BCUT2D eigenvalue weighted by Gasteiger charge is 2.16. The van der Waals surface area contributed by atoms with Gasteiger partial charge >= 0.3 is 0 Å². The van der Waals surface area contributed by atoms with Crippen LogP contribution in [0.15, 0.2) is 29.6 Å². The monoisotopic (exact) mass is 377 g/mol. The summed E-state index contributed by atoms with van der Waals surface area (Å²) in [7, 11) is 0. The molecule has 0 aliphatic rings. The maximum atomic E-state index is 12.2. The second-order valence-electron chi connectivity index (χ2n) is 4.83. The third-order valence-corrected chi connectivity index (χ3v) is 4.88. The summed E-state index contributed by atoms with van der Waals surface area (Å²) in [6, 6.07) is 7.20. The van der Waals surface area contributed by atoms with Crippen LogP contribution in [-0.4, -0.2) is 19.0 Å². The van der Waals surface area contributed by atoms with Gasteiger partial charge in [-0.3, -0.25) is 4.79 Å². The lowest BCUT2D eigenvalue weighted by atomic mass is 10.3. The number of amides is 1. The van der Waals surface area contributed by atoms with Gasteiger partial charge in [0.2, 0.25) is 0 Å². The molecule has 1 amide bonds. The molecular weight excluding hydrogens is 363 g/mol. The van der Waals surface area contributed by atoms with Gasteiger partial charge in [0.1, 0.15) is 6.54 Å². The van der Waals surface area contributed by atoms with Gasteiger partial charge < -0.3 is 10.2 Å². The zero-order chi connectivity index (χ0) is 16.1. The van der Waals surface area contributed by atoms with Crippen LogP contribution >= 0.6 is 46.1 Å². The van der Waals surface area contributed by atoms with E-state index in [1.807, 2.05) is 11.4 Å². The topological polar surface area (TPSA) is 33.5 Å². The quantitative estimate of drug-likeness (QED) is 0.788. The highest BCUT2D eigenvalue weighted by atomic mass is 35.5. The molecule has 0 bridgehead atoms. The Kier molecular flexibility index (Phi) is 6.53. The van der Waals surface area contributed by atoms with Crippen molar-refractivity contribution in [2.24, 2.45) is 0 Å². The first-order valence-corrected chi connectivity index (χ1v) is 8.81. The molecule has 0 aliphatic carbocycles. The Labute approximate surface area is 148 Å². The molecule has 1 aromatic carbocycles. The van der Waals surface area contributed by atoms with Crippen molar-refractivity contribution in [2.75, 3.05) is 18.4 Å². The summed E-state index contributed by atoms with van der Waals surface area (Å²) >= 11 is 19.7. The van der Waals surface area contributed by atoms with E-state index in [0.29, 0.717) is 27.3 Å². The van der Waals surface area contributed by atoms with Crippen molar-refractivity contribution in [3.05, 3.63) is 49.6 Å². The number of hydrogen-bond donors (Lipinski definition) is 2. The molecule has 2 rings (SSSR count). The lowest BCUT2D eigenvalue weighted by molar-refractivity contribution is -0.903. The van der Waals surface area contributed by atoms with Crippen LogP contribution in [0.1, 0.15) is 11.8 Å². The van der Waals surface area contributed by atoms with E-state index in [2.05, 4.69) is 18.3 Å². The molecule has 1 unspecified atom stereocenters. The molecule has 0 radical (unpaired) electrons. The summed E-state index contributed by atoms with van der Waals surface area (Å²) in [5, 5.41) is 5.92. The lowest BCUT2D eigenvalue weighted by Gasteiger charge is -2.17. The van der Waals surface area contributed by atoms with Crippen LogP contribution in [0.2, 0.25) is 15.1 Å². The molecule has 0 saturated heterocycles. The standard InChI is InChI=1S/C15H15Cl3N2OS/c1-2-20(8-11-4-3-5-22-11)9-14(21)19-15-12(17)6-10(16)7-13(15)18/h3-7H,2,8-9H2,1H3,(H,19,21)/p+1. The van der Waals surface area contributed by atoms with E-state index >= 15 is 0 Å². The van der Waals surface area contributed by atoms with Crippen LogP contribution in [0, 0.1) is 0 Å². The van der Waals surface area contributed by atoms with Crippen LogP contribution in [0.4, 0.5) is 5.69 Å². The van der Waals surface area contributed by atoms with Crippen molar-refractivity contribution in [2.45, 2.75) is 13.5 Å². The fourth-order valence-corrected chi connectivity index (χ4v) is 3.73. The van der Waals surface area contributed by atoms with Crippen molar-refractivity contribution in [3.63, 3.8) is 0 Å². The van der Waals surface area contributed by atoms with Crippen LogP contribution in [0.3, 0.4) is 0 Å². The average molecular weight is 379 g/mol. The van der Waals surface area contributed by atoms with Gasteiger partial charge in [-0.15, -0.1) is 11.3 Å². The molecule has 0 fully saturated rings. The molecular formula is C15H16Cl3N2OS+. The molecule has 7 heteroatoms. The van der Waals surface area contributed by atoms with Crippen molar-refractivity contribution >= 4 is 57.7 Å². The molecule has 0 spiro atoms. The maximum absolute atomic E-state index is 12.2. The first kappa shape index (κ1) is 17.6. The lowest BCUT2D eigenvalue weighted by Crippen LogP contribution is -3.11. The predicted octanol–water partition coefficient (Wildman–Crippen LogP) is 3.75. The smallest absolute Gasteiger partial charge is 0.279 e. The number of carbonyl (C=O) groups is 1. The summed E-state index contributed by atoms with van der Waals surface area (Å²) in [4.78, 5) is 14.6. The number of quaternary nitrogens is 1. The van der Waals surface area contributed by atoms with Crippen LogP contribution in [0.5, 0.6) is 0 Å². The number of carbonyl (C=O) groups excluding carboxylic acids is 1. The van der Waals surface area contributed by atoms with Gasteiger partial charge in [0.25, 0.3) is 5.91 Å². The highest BCUT2D eigenvalue weighted by molar-refractivity contribution is 7.09. The van der Waals surface area contributed by atoms with E-state index < -0.39 is 0 Å². The van der Waals surface area contributed by atoms with Gasteiger partial charge in [0.15, 0.2) is 6.54 Å². The normalized spacial score (nSPS) is 12.2. The van der Waals surface area contributed by atoms with Gasteiger partial charge in [-0.25, -0.2) is 0 Å². The van der Waals surface area contributed by atoms with Gasteiger partial charge in [0, 0.05) is 5.02 Å². The number of benzene rings is 1. The van der Waals surface area contributed by atoms with E-state index in [0.717, 1.165) is 13.1 Å². The number of nitrogens with one attached hydrogen (secondary N) is 2. The Balaban J connectivity index is 2.00. The van der Waals surface area contributed by atoms with Gasteiger partial charge in [-0.05, 0) is 30.5 Å². The Morgan fingerprint density at radius 2 is 1.95 bits per heavy atom. The average Bonchev–Trinajstić information content (AvgIpc) is 2.95. The molecule has 1 aromatic heterocycles. The SMILES string of the molecule is CC[NH+](CC(=O)Nc1c(Cl)cc(Cl)cc1Cl)Cc1cccs1. The first-order valence-electron chi connectivity index (χ1n) is 6.80. The molecule has 3 nitrogen and oxygen atoms in total. The molecule has 0 aliphatic heterocycles. The fourth-order valence-electron chi connectivity index (χ4n) is 2.04. The number of rotatable bonds is 6. The molecule has 2 aromatic rings. The fraction of sp³-hybridized carbons (Fsp3) is 0.267. The third-order valence-electron chi connectivity index (χ3n) is 3.19. The van der Waals surface area contributed by atoms with E-state index in [9.17, 15) is 4.79 Å². The Bertz CT molecular complexity index is 623. The Hall–Kier alpha value is -0.780.